The Hall–Kier alpha value is -2.44. The third kappa shape index (κ3) is 6.78. The maximum absolute atomic E-state index is 13.3. The Morgan fingerprint density at radius 3 is 2.19 bits per heavy atom. The Kier molecular flexibility index (Phi) is 10.1. The molecule has 2 amide bonds. The summed E-state index contributed by atoms with van der Waals surface area (Å²) in [7, 11) is 1.53. The first kappa shape index (κ1) is 25.8. The van der Waals surface area contributed by atoms with Crippen molar-refractivity contribution in [1.29, 1.82) is 0 Å². The van der Waals surface area contributed by atoms with Crippen molar-refractivity contribution < 1.29 is 19.1 Å². The quantitative estimate of drug-likeness (QED) is 0.485. The zero-order valence-electron chi connectivity index (χ0n) is 18.9. The zero-order chi connectivity index (χ0) is 23.7. The van der Waals surface area contributed by atoms with E-state index in [4.69, 9.17) is 32.7 Å². The molecule has 174 valence electrons. The molecular weight excluding hydrogens is 451 g/mol. The fourth-order valence-electron chi connectivity index (χ4n) is 3.17. The largest absolute Gasteiger partial charge is 0.493 e. The van der Waals surface area contributed by atoms with Gasteiger partial charge in [-0.25, -0.2) is 0 Å². The van der Waals surface area contributed by atoms with Gasteiger partial charge in [0.15, 0.2) is 18.1 Å². The standard InChI is InChI=1S/C24H30Cl2N2O4/c1-5-16(3)27-24(30)20(6-2)28(14-17-18(25)10-9-11-19(17)26)23(29)15-32-22-13-8-7-12-21(22)31-4/h7-13,16,20H,5-6,14-15H2,1-4H3,(H,27,30)/t16-,20-/m0/s1. The maximum atomic E-state index is 13.3. The van der Waals surface area contributed by atoms with Crippen molar-refractivity contribution in [3.63, 3.8) is 0 Å². The molecule has 0 aliphatic heterocycles. The molecule has 6 nitrogen and oxygen atoms in total. The van der Waals surface area contributed by atoms with E-state index in [0.29, 0.717) is 33.5 Å². The van der Waals surface area contributed by atoms with Gasteiger partial charge in [0.2, 0.25) is 5.91 Å². The first-order valence-corrected chi connectivity index (χ1v) is 11.4. The number of methoxy groups -OCH3 is 1. The molecule has 0 unspecified atom stereocenters. The number of ether oxygens (including phenoxy) is 2. The van der Waals surface area contributed by atoms with Gasteiger partial charge in [-0.1, -0.05) is 55.2 Å². The number of halogens is 2. The fourth-order valence-corrected chi connectivity index (χ4v) is 3.69. The van der Waals surface area contributed by atoms with Crippen molar-refractivity contribution >= 4 is 35.0 Å². The van der Waals surface area contributed by atoms with E-state index in [-0.39, 0.29) is 31.0 Å². The molecule has 2 atom stereocenters. The molecule has 2 aromatic carbocycles. The van der Waals surface area contributed by atoms with Crippen LogP contribution in [0.4, 0.5) is 0 Å². The fraction of sp³-hybridized carbons (Fsp3) is 0.417. The molecule has 0 aliphatic rings. The predicted molar refractivity (Wildman–Crippen MR) is 127 cm³/mol. The lowest BCUT2D eigenvalue weighted by atomic mass is 10.1. The molecule has 1 N–H and O–H groups in total. The number of carbonyl (C=O) groups is 2. The average molecular weight is 481 g/mol. The SMILES string of the molecule is CC[C@H](C)NC(=O)[C@H](CC)N(Cc1c(Cl)cccc1Cl)C(=O)COc1ccccc1OC. The second-order valence-corrected chi connectivity index (χ2v) is 8.22. The number of carbonyl (C=O) groups excluding carboxylic acids is 2. The molecule has 0 heterocycles. The Bertz CT molecular complexity index is 902. The molecule has 0 radical (unpaired) electrons. The third-order valence-corrected chi connectivity index (χ3v) is 5.91. The summed E-state index contributed by atoms with van der Waals surface area (Å²) >= 11 is 12.7. The van der Waals surface area contributed by atoms with E-state index < -0.39 is 6.04 Å². The highest BCUT2D eigenvalue weighted by molar-refractivity contribution is 6.36. The number of rotatable bonds is 11. The second-order valence-electron chi connectivity index (χ2n) is 7.40. The van der Waals surface area contributed by atoms with E-state index in [0.717, 1.165) is 6.42 Å². The monoisotopic (exact) mass is 480 g/mol. The van der Waals surface area contributed by atoms with Gasteiger partial charge in [-0.15, -0.1) is 0 Å². The van der Waals surface area contributed by atoms with Crippen LogP contribution in [-0.2, 0) is 16.1 Å². The van der Waals surface area contributed by atoms with Crippen LogP contribution in [0.2, 0.25) is 10.0 Å². The van der Waals surface area contributed by atoms with Crippen LogP contribution in [0.1, 0.15) is 39.2 Å². The van der Waals surface area contributed by atoms with E-state index in [2.05, 4.69) is 5.32 Å². The molecule has 0 aromatic heterocycles. The Balaban J connectivity index is 2.31. The van der Waals surface area contributed by atoms with E-state index in [1.54, 1.807) is 36.4 Å². The lowest BCUT2D eigenvalue weighted by Gasteiger charge is -2.32. The van der Waals surface area contributed by atoms with Crippen LogP contribution in [0.25, 0.3) is 0 Å². The van der Waals surface area contributed by atoms with Crippen LogP contribution in [-0.4, -0.2) is 42.5 Å². The number of nitrogens with zero attached hydrogens (tertiary/aromatic N) is 1. The topological polar surface area (TPSA) is 67.9 Å². The number of nitrogens with one attached hydrogen (secondary N) is 1. The summed E-state index contributed by atoms with van der Waals surface area (Å²) in [4.78, 5) is 27.8. The van der Waals surface area contributed by atoms with E-state index in [9.17, 15) is 9.59 Å². The molecular formula is C24H30Cl2N2O4. The molecule has 0 spiro atoms. The predicted octanol–water partition coefficient (Wildman–Crippen LogP) is 5.10. The highest BCUT2D eigenvalue weighted by atomic mass is 35.5. The van der Waals surface area contributed by atoms with Crippen LogP contribution in [0, 0.1) is 0 Å². The lowest BCUT2D eigenvalue weighted by molar-refractivity contribution is -0.143. The summed E-state index contributed by atoms with van der Waals surface area (Å²) < 4.78 is 11.0. The first-order chi connectivity index (χ1) is 15.3. The smallest absolute Gasteiger partial charge is 0.261 e. The minimum absolute atomic E-state index is 0.0118. The van der Waals surface area contributed by atoms with Gasteiger partial charge in [-0.2, -0.15) is 0 Å². The molecule has 2 rings (SSSR count). The van der Waals surface area contributed by atoms with Gasteiger partial charge in [0.05, 0.1) is 7.11 Å². The molecule has 32 heavy (non-hydrogen) atoms. The van der Waals surface area contributed by atoms with Gasteiger partial charge in [0.25, 0.3) is 5.91 Å². The van der Waals surface area contributed by atoms with Gasteiger partial charge in [0, 0.05) is 28.2 Å². The molecule has 8 heteroatoms. The van der Waals surface area contributed by atoms with Crippen molar-refractivity contribution in [3.8, 4) is 11.5 Å². The van der Waals surface area contributed by atoms with Gasteiger partial charge in [-0.05, 0) is 44.0 Å². The maximum Gasteiger partial charge on any atom is 0.261 e. The second kappa shape index (κ2) is 12.6. The Morgan fingerprint density at radius 1 is 1.00 bits per heavy atom. The molecule has 0 bridgehead atoms. The number of hydrogen-bond donors (Lipinski definition) is 1. The van der Waals surface area contributed by atoms with E-state index >= 15 is 0 Å². The number of para-hydroxylation sites is 2. The molecule has 2 aromatic rings. The highest BCUT2D eigenvalue weighted by Gasteiger charge is 2.30. The minimum Gasteiger partial charge on any atom is -0.493 e. The van der Waals surface area contributed by atoms with Gasteiger partial charge < -0.3 is 19.7 Å². The molecule has 0 saturated heterocycles. The zero-order valence-corrected chi connectivity index (χ0v) is 20.4. The lowest BCUT2D eigenvalue weighted by Crippen LogP contribution is -2.51. The van der Waals surface area contributed by atoms with Gasteiger partial charge >= 0.3 is 0 Å². The average Bonchev–Trinajstić information content (AvgIpc) is 2.79. The summed E-state index contributed by atoms with van der Waals surface area (Å²) in [5.41, 5.74) is 0.580. The molecule has 0 saturated carbocycles. The summed E-state index contributed by atoms with van der Waals surface area (Å²) in [5.74, 6) is 0.368. The normalized spacial score (nSPS) is 12.6. The van der Waals surface area contributed by atoms with Gasteiger partial charge in [0.1, 0.15) is 6.04 Å². The van der Waals surface area contributed by atoms with Crippen molar-refractivity contribution in [2.75, 3.05) is 13.7 Å². The van der Waals surface area contributed by atoms with Crippen LogP contribution in [0.3, 0.4) is 0 Å². The van der Waals surface area contributed by atoms with Crippen molar-refractivity contribution in [2.24, 2.45) is 0 Å². The van der Waals surface area contributed by atoms with E-state index in [1.807, 2.05) is 26.8 Å². The summed E-state index contributed by atoms with van der Waals surface area (Å²) in [6, 6.07) is 11.5. The van der Waals surface area contributed by atoms with Crippen LogP contribution < -0.4 is 14.8 Å². The number of benzene rings is 2. The van der Waals surface area contributed by atoms with Crippen LogP contribution in [0.15, 0.2) is 42.5 Å². The summed E-state index contributed by atoms with van der Waals surface area (Å²) in [6.07, 6.45) is 1.20. The molecule has 0 aliphatic carbocycles. The summed E-state index contributed by atoms with van der Waals surface area (Å²) in [5, 5.41) is 3.82. The third-order valence-electron chi connectivity index (χ3n) is 5.20. The van der Waals surface area contributed by atoms with E-state index in [1.165, 1.54) is 12.0 Å². The Labute approximate surface area is 199 Å². The van der Waals surface area contributed by atoms with Crippen LogP contribution >= 0.6 is 23.2 Å². The Morgan fingerprint density at radius 2 is 1.62 bits per heavy atom. The van der Waals surface area contributed by atoms with Crippen molar-refractivity contribution in [1.82, 2.24) is 10.2 Å². The minimum atomic E-state index is -0.704. The molecule has 0 fully saturated rings. The van der Waals surface area contributed by atoms with Gasteiger partial charge in [-0.3, -0.25) is 9.59 Å². The van der Waals surface area contributed by atoms with Crippen LogP contribution in [0.5, 0.6) is 11.5 Å². The van der Waals surface area contributed by atoms with Crippen molar-refractivity contribution in [3.05, 3.63) is 58.1 Å². The van der Waals surface area contributed by atoms with Crippen molar-refractivity contribution in [2.45, 2.75) is 52.2 Å². The number of hydrogen-bond acceptors (Lipinski definition) is 4. The summed E-state index contributed by atoms with van der Waals surface area (Å²) in [6.45, 7) is 5.58. The number of amides is 2. The first-order valence-electron chi connectivity index (χ1n) is 10.6. The highest BCUT2D eigenvalue weighted by Crippen LogP contribution is 2.28.